The minimum atomic E-state index is -4.02. The van der Waals surface area contributed by atoms with Crippen LogP contribution in [-0.2, 0) is 57.8 Å². The van der Waals surface area contributed by atoms with E-state index >= 15 is 0 Å². The van der Waals surface area contributed by atoms with Crippen LogP contribution in [-0.4, -0.2) is 110 Å². The van der Waals surface area contributed by atoms with Crippen molar-refractivity contribution in [2.45, 2.75) is 144 Å². The third-order valence-corrected chi connectivity index (χ3v) is 9.45. The van der Waals surface area contributed by atoms with Crippen LogP contribution in [0.4, 0.5) is 0 Å². The highest BCUT2D eigenvalue weighted by atomic mass is 32.2. The third kappa shape index (κ3) is 25.0. The number of carbonyl (C=O) groups is 6. The van der Waals surface area contributed by atoms with E-state index < -0.39 is 52.4 Å². The Hall–Kier alpha value is -3.97. The van der Waals surface area contributed by atoms with Gasteiger partial charge in [0, 0.05) is 25.4 Å². The lowest BCUT2D eigenvalue weighted by Crippen LogP contribution is -2.41. The maximum absolute atomic E-state index is 12.4. The van der Waals surface area contributed by atoms with Crippen LogP contribution in [0.3, 0.4) is 0 Å². The molecule has 344 valence electrons. The average Bonchev–Trinajstić information content (AvgIpc) is 4.06. The van der Waals surface area contributed by atoms with Crippen LogP contribution < -0.4 is 16.4 Å². The van der Waals surface area contributed by atoms with Gasteiger partial charge in [-0.15, -0.1) is 0 Å². The number of aryl methyl sites for hydroxylation is 1. The minimum Gasteiger partial charge on any atom is -0.479 e. The maximum atomic E-state index is 12.4. The number of esters is 2. The Morgan fingerprint density at radius 1 is 0.700 bits per heavy atom. The van der Waals surface area contributed by atoms with Crippen molar-refractivity contribution in [1.82, 2.24) is 10.6 Å². The number of aliphatic carboxylic acids is 1. The minimum absolute atomic E-state index is 0.0145. The molecule has 6 atom stereocenters. The van der Waals surface area contributed by atoms with Gasteiger partial charge in [-0.3, -0.25) is 18.9 Å². The molecule has 0 bridgehead atoms. The number of epoxide rings is 2. The van der Waals surface area contributed by atoms with E-state index in [0.29, 0.717) is 36.6 Å². The summed E-state index contributed by atoms with van der Waals surface area (Å²) in [5.74, 6) is -0.988. The summed E-state index contributed by atoms with van der Waals surface area (Å²) in [6.45, 7) is 23.7. The van der Waals surface area contributed by atoms with Gasteiger partial charge in [0.25, 0.3) is 10.1 Å². The lowest BCUT2D eigenvalue weighted by atomic mass is 9.90. The number of hydrogen-bond acceptors (Lipinski definition) is 13. The standard InChI is InChI=1S/C18H31NO5.C11H24N2O.C7H8O3S.C6H8O5/c1-6-23-18(22)16-15(24-16)14(20)10-13(9-12(4)5)17(21)19-8-7-11(2)3;1-8(2)5-6-13-11(14)10(12)7-9(3)4;1-6-2-4-7(5-3-6)11(8,9)10;1-2-10-6(9)4-3(11-4)5(7)8/h11-13,15-16H,6-10H2,1-5H3,(H,19,21);8-10H,5-7,12H2,1-4H3,(H,13,14);2-5H,1H3,(H,8,9,10);3-4H,2H2,1H3,(H,7,8)/t13-,15-,16+;10-;;3-,4-/m10.0/s1. The van der Waals surface area contributed by atoms with Crippen LogP contribution in [0.1, 0.15) is 107 Å². The summed E-state index contributed by atoms with van der Waals surface area (Å²) < 4.78 is 48.6. The molecule has 0 aromatic heterocycles. The van der Waals surface area contributed by atoms with Gasteiger partial charge in [-0.1, -0.05) is 73.1 Å². The summed E-state index contributed by atoms with van der Waals surface area (Å²) >= 11 is 0. The van der Waals surface area contributed by atoms with Gasteiger partial charge in [0.2, 0.25) is 11.8 Å². The third-order valence-electron chi connectivity index (χ3n) is 8.58. The molecule has 3 rings (SSSR count). The Bertz CT molecular complexity index is 1600. The highest BCUT2D eigenvalue weighted by Crippen LogP contribution is 2.28. The second-order valence-electron chi connectivity index (χ2n) is 16.3. The predicted octanol–water partition coefficient (Wildman–Crippen LogP) is 4.27. The fraction of sp³-hybridized carbons (Fsp3) is 0.714. The Kier molecular flexibility index (Phi) is 26.6. The molecule has 0 saturated carbocycles. The van der Waals surface area contributed by atoms with Gasteiger partial charge < -0.3 is 40.4 Å². The zero-order valence-corrected chi connectivity index (χ0v) is 38.0. The molecule has 2 fully saturated rings. The van der Waals surface area contributed by atoms with E-state index in [-0.39, 0.29) is 54.1 Å². The fourth-order valence-corrected chi connectivity index (χ4v) is 5.72. The summed E-state index contributed by atoms with van der Waals surface area (Å²) in [4.78, 5) is 68.4. The molecule has 0 aliphatic carbocycles. The van der Waals surface area contributed by atoms with Crippen LogP contribution in [0.25, 0.3) is 0 Å². The number of carbonyl (C=O) groups excluding carboxylic acids is 5. The first kappa shape index (κ1) is 56.0. The summed E-state index contributed by atoms with van der Waals surface area (Å²) in [5, 5.41) is 14.1. The molecule has 17 nitrogen and oxygen atoms in total. The van der Waals surface area contributed by atoms with E-state index in [0.717, 1.165) is 31.4 Å². The van der Waals surface area contributed by atoms with E-state index in [4.69, 9.17) is 24.9 Å². The number of Topliss-reactive ketones (excluding diaryl/α,β-unsaturated/α-hetero) is 1. The van der Waals surface area contributed by atoms with Gasteiger partial charge in [-0.05, 0) is 82.3 Å². The number of rotatable bonds is 21. The normalized spacial score (nSPS) is 18.6. The van der Waals surface area contributed by atoms with Crippen molar-refractivity contribution in [2.75, 3.05) is 26.3 Å². The van der Waals surface area contributed by atoms with Crippen LogP contribution in [0.15, 0.2) is 29.2 Å². The first-order valence-electron chi connectivity index (χ1n) is 20.6. The van der Waals surface area contributed by atoms with Crippen molar-refractivity contribution in [1.29, 1.82) is 0 Å². The zero-order chi connectivity index (χ0) is 46.3. The molecule has 1 aromatic rings. The van der Waals surface area contributed by atoms with Crippen molar-refractivity contribution < 1.29 is 65.8 Å². The van der Waals surface area contributed by atoms with Gasteiger partial charge in [0.15, 0.2) is 30.2 Å². The molecule has 1 aromatic carbocycles. The molecule has 0 radical (unpaired) electrons. The number of benzene rings is 1. The van der Waals surface area contributed by atoms with Gasteiger partial charge in [-0.2, -0.15) is 8.42 Å². The molecule has 6 N–H and O–H groups in total. The second-order valence-corrected chi connectivity index (χ2v) is 17.7. The van der Waals surface area contributed by atoms with Crippen LogP contribution in [0.5, 0.6) is 0 Å². The van der Waals surface area contributed by atoms with Crippen molar-refractivity contribution in [2.24, 2.45) is 35.3 Å². The van der Waals surface area contributed by atoms with Crippen molar-refractivity contribution >= 4 is 45.6 Å². The van der Waals surface area contributed by atoms with Crippen molar-refractivity contribution in [3.63, 3.8) is 0 Å². The molecule has 0 spiro atoms. The molecular weight excluding hydrogens is 803 g/mol. The van der Waals surface area contributed by atoms with E-state index in [1.807, 2.05) is 20.8 Å². The molecular formula is C42H71N3O14S. The second kappa shape index (κ2) is 28.5. The molecule has 2 aliphatic rings. The molecule has 0 unspecified atom stereocenters. The number of ketones is 1. The molecule has 2 heterocycles. The van der Waals surface area contributed by atoms with Crippen LogP contribution in [0.2, 0.25) is 0 Å². The van der Waals surface area contributed by atoms with Crippen LogP contribution in [0, 0.1) is 36.5 Å². The molecule has 18 heteroatoms. The molecule has 60 heavy (non-hydrogen) atoms. The summed E-state index contributed by atoms with van der Waals surface area (Å²) in [6, 6.07) is 5.64. The highest BCUT2D eigenvalue weighted by Gasteiger charge is 2.52. The molecule has 2 aliphatic heterocycles. The van der Waals surface area contributed by atoms with E-state index in [2.05, 4.69) is 61.6 Å². The topological polar surface area (TPSA) is 271 Å². The van der Waals surface area contributed by atoms with E-state index in [1.165, 1.54) is 12.1 Å². The lowest BCUT2D eigenvalue weighted by molar-refractivity contribution is -0.145. The Morgan fingerprint density at radius 2 is 1.13 bits per heavy atom. The largest absolute Gasteiger partial charge is 0.479 e. The first-order valence-corrected chi connectivity index (χ1v) is 22.0. The number of ether oxygens (including phenoxy) is 4. The van der Waals surface area contributed by atoms with E-state index in [9.17, 15) is 37.2 Å². The smallest absolute Gasteiger partial charge is 0.338 e. The number of hydrogen-bond donors (Lipinski definition) is 5. The number of nitrogens with one attached hydrogen (secondary N) is 2. The quantitative estimate of drug-likeness (QED) is 0.0656. The van der Waals surface area contributed by atoms with Gasteiger partial charge in [0.1, 0.15) is 0 Å². The molecule has 2 amide bonds. The van der Waals surface area contributed by atoms with Crippen molar-refractivity contribution in [3.8, 4) is 0 Å². The number of carboxylic acid groups (broad SMARTS) is 1. The number of nitrogens with two attached hydrogens (primary N) is 1. The summed E-state index contributed by atoms with van der Waals surface area (Å²) in [7, 11) is -4.02. The lowest BCUT2D eigenvalue weighted by Gasteiger charge is -2.18. The van der Waals surface area contributed by atoms with E-state index in [1.54, 1.807) is 26.0 Å². The Balaban J connectivity index is 0.000000825. The highest BCUT2D eigenvalue weighted by molar-refractivity contribution is 7.85. The predicted molar refractivity (Wildman–Crippen MR) is 224 cm³/mol. The maximum Gasteiger partial charge on any atom is 0.338 e. The van der Waals surface area contributed by atoms with Gasteiger partial charge in [-0.25, -0.2) is 14.4 Å². The summed E-state index contributed by atoms with van der Waals surface area (Å²) in [6.07, 6.45) is 0.00518. The van der Waals surface area contributed by atoms with Crippen LogP contribution >= 0.6 is 0 Å². The fourth-order valence-electron chi connectivity index (χ4n) is 5.24. The van der Waals surface area contributed by atoms with Crippen molar-refractivity contribution in [3.05, 3.63) is 29.8 Å². The monoisotopic (exact) mass is 873 g/mol. The average molecular weight is 874 g/mol. The SMILES string of the molecule is CC(C)CCNC(=O)[C@@H](N)CC(C)C.CCOC(=O)[C@H]1O[C@@H]1C(=O)C[C@@H](CC(C)C)C(=O)NCCC(C)C.CCOC(=O)[C@H]1O[C@@H]1C(=O)O.Cc1ccc(S(=O)(=O)O)cc1. The first-order chi connectivity index (χ1) is 27.8. The zero-order valence-electron chi connectivity index (χ0n) is 37.2. The molecule has 2 saturated heterocycles. The van der Waals surface area contributed by atoms with Gasteiger partial charge >= 0.3 is 17.9 Å². The van der Waals surface area contributed by atoms with Gasteiger partial charge in [0.05, 0.1) is 24.2 Å². The summed E-state index contributed by atoms with van der Waals surface area (Å²) in [5.41, 5.74) is 6.68. The number of amides is 2. The Morgan fingerprint density at radius 3 is 1.52 bits per heavy atom. The Labute approximate surface area is 356 Å². The number of carboxylic acids is 1.